The highest BCUT2D eigenvalue weighted by atomic mass is 16.7. The molecule has 1 heterocycles. The Hall–Kier alpha value is -1.44. The maximum absolute atomic E-state index is 5.20. The molecule has 0 spiro atoms. The molecule has 1 aromatic carbocycles. The summed E-state index contributed by atoms with van der Waals surface area (Å²) in [5.41, 5.74) is 1.24. The molecule has 0 unspecified atom stereocenters. The molecule has 0 N–H and O–H groups in total. The Labute approximate surface area is 71.4 Å². The van der Waals surface area contributed by atoms with Gasteiger partial charge in [-0.2, -0.15) is 0 Å². The van der Waals surface area contributed by atoms with Crippen molar-refractivity contribution in [3.63, 3.8) is 0 Å². The maximum atomic E-state index is 5.20. The summed E-state index contributed by atoms with van der Waals surface area (Å²) in [6.45, 7) is 0.363. The van der Waals surface area contributed by atoms with Gasteiger partial charge in [-0.1, -0.05) is 30.3 Å². The third-order valence-corrected chi connectivity index (χ3v) is 1.75. The van der Waals surface area contributed by atoms with E-state index in [9.17, 15) is 0 Å². The van der Waals surface area contributed by atoms with Crippen LogP contribution in [-0.2, 0) is 15.9 Å². The molecule has 0 bridgehead atoms. The first-order chi connectivity index (χ1) is 5.95. The molecule has 0 amide bonds. The van der Waals surface area contributed by atoms with Gasteiger partial charge in [-0.05, 0) is 5.56 Å². The lowest BCUT2D eigenvalue weighted by molar-refractivity contribution is 0.0791. The van der Waals surface area contributed by atoms with Gasteiger partial charge in [0, 0.05) is 6.42 Å². The Morgan fingerprint density at radius 3 is 2.67 bits per heavy atom. The average molecular weight is 162 g/mol. The van der Waals surface area contributed by atoms with Gasteiger partial charge in [-0.25, -0.2) is 0 Å². The van der Waals surface area contributed by atoms with Crippen molar-refractivity contribution in [1.29, 1.82) is 0 Å². The zero-order valence-corrected chi connectivity index (χ0v) is 6.69. The van der Waals surface area contributed by atoms with Crippen LogP contribution in [-0.4, -0.2) is 6.79 Å². The minimum absolute atomic E-state index is 0.363. The smallest absolute Gasteiger partial charge is 0.229 e. The molecule has 0 aromatic heterocycles. The monoisotopic (exact) mass is 162 g/mol. The second kappa shape index (κ2) is 3.30. The Kier molecular flexibility index (Phi) is 1.99. The van der Waals surface area contributed by atoms with Gasteiger partial charge in [0.15, 0.2) is 0 Å². The van der Waals surface area contributed by atoms with Gasteiger partial charge in [0.05, 0.1) is 0 Å². The lowest BCUT2D eigenvalue weighted by Gasteiger charge is -2.00. The van der Waals surface area contributed by atoms with Crippen LogP contribution in [0.5, 0.6) is 0 Å². The normalized spacial score (nSPS) is 14.8. The van der Waals surface area contributed by atoms with Gasteiger partial charge in [0.25, 0.3) is 0 Å². The second-order valence-electron chi connectivity index (χ2n) is 2.68. The number of rotatable bonds is 2. The van der Waals surface area contributed by atoms with Crippen molar-refractivity contribution in [3.8, 4) is 0 Å². The molecule has 1 aliphatic rings. The number of hydrogen-bond donors (Lipinski definition) is 0. The molecule has 2 nitrogen and oxygen atoms in total. The third kappa shape index (κ3) is 1.59. The minimum Gasteiger partial charge on any atom is -0.462 e. The predicted molar refractivity (Wildman–Crippen MR) is 45.3 cm³/mol. The van der Waals surface area contributed by atoms with E-state index in [1.165, 1.54) is 5.56 Å². The number of ether oxygens (including phenoxy) is 2. The molecule has 1 aliphatic heterocycles. The zero-order valence-electron chi connectivity index (χ0n) is 6.69. The van der Waals surface area contributed by atoms with Crippen molar-refractivity contribution in [2.24, 2.45) is 0 Å². The van der Waals surface area contributed by atoms with Crippen molar-refractivity contribution >= 4 is 0 Å². The van der Waals surface area contributed by atoms with E-state index in [0.29, 0.717) is 6.79 Å². The molecule has 0 fully saturated rings. The molecule has 0 atom stereocenters. The average Bonchev–Trinajstić information content (AvgIpc) is 2.59. The lowest BCUT2D eigenvalue weighted by atomic mass is 10.1. The molecule has 1 aromatic rings. The molecular formula is C10H10O2. The van der Waals surface area contributed by atoms with Gasteiger partial charge in [-0.15, -0.1) is 0 Å². The maximum Gasteiger partial charge on any atom is 0.229 e. The van der Waals surface area contributed by atoms with Gasteiger partial charge < -0.3 is 9.47 Å². The quantitative estimate of drug-likeness (QED) is 0.662. The van der Waals surface area contributed by atoms with Crippen molar-refractivity contribution in [3.05, 3.63) is 47.9 Å². The van der Waals surface area contributed by atoms with E-state index in [1.54, 1.807) is 6.26 Å². The van der Waals surface area contributed by atoms with Crippen LogP contribution >= 0.6 is 0 Å². The van der Waals surface area contributed by atoms with Crippen molar-refractivity contribution in [2.75, 3.05) is 6.79 Å². The van der Waals surface area contributed by atoms with Crippen LogP contribution in [0, 0.1) is 0 Å². The lowest BCUT2D eigenvalue weighted by Crippen LogP contribution is -1.90. The first kappa shape index (κ1) is 7.22. The highest BCUT2D eigenvalue weighted by molar-refractivity contribution is 5.19. The van der Waals surface area contributed by atoms with E-state index in [-0.39, 0.29) is 0 Å². The Balaban J connectivity index is 2.04. The van der Waals surface area contributed by atoms with Crippen LogP contribution in [0.15, 0.2) is 42.4 Å². The molecule has 0 saturated carbocycles. The summed E-state index contributed by atoms with van der Waals surface area (Å²) in [6.07, 6.45) is 2.49. The van der Waals surface area contributed by atoms with Gasteiger partial charge >= 0.3 is 0 Å². The van der Waals surface area contributed by atoms with E-state index >= 15 is 0 Å². The summed E-state index contributed by atoms with van der Waals surface area (Å²) in [5.74, 6) is 0.904. The molecule has 62 valence electrons. The summed E-state index contributed by atoms with van der Waals surface area (Å²) in [7, 11) is 0. The summed E-state index contributed by atoms with van der Waals surface area (Å²) in [4.78, 5) is 0. The number of allylic oxidation sites excluding steroid dienone is 1. The molecular weight excluding hydrogens is 152 g/mol. The van der Waals surface area contributed by atoms with Crippen molar-refractivity contribution in [1.82, 2.24) is 0 Å². The van der Waals surface area contributed by atoms with E-state index in [1.807, 2.05) is 18.2 Å². The molecule has 0 aliphatic carbocycles. The van der Waals surface area contributed by atoms with Gasteiger partial charge in [-0.3, -0.25) is 0 Å². The van der Waals surface area contributed by atoms with Crippen LogP contribution in [0.3, 0.4) is 0 Å². The molecule has 0 radical (unpaired) electrons. The highest BCUT2D eigenvalue weighted by Gasteiger charge is 2.05. The van der Waals surface area contributed by atoms with Crippen LogP contribution < -0.4 is 0 Å². The number of benzene rings is 1. The minimum atomic E-state index is 0.363. The first-order valence-electron chi connectivity index (χ1n) is 3.92. The zero-order chi connectivity index (χ0) is 8.23. The fraction of sp³-hybridized carbons (Fsp3) is 0.200. The SMILES string of the molecule is C1=C(Cc2ccccc2)OCO1. The van der Waals surface area contributed by atoms with Crippen molar-refractivity contribution in [2.45, 2.75) is 6.42 Å². The third-order valence-electron chi connectivity index (χ3n) is 1.75. The van der Waals surface area contributed by atoms with Crippen LogP contribution in [0.2, 0.25) is 0 Å². The van der Waals surface area contributed by atoms with Crippen LogP contribution in [0.4, 0.5) is 0 Å². The fourth-order valence-corrected chi connectivity index (χ4v) is 1.16. The number of hydrogen-bond acceptors (Lipinski definition) is 2. The van der Waals surface area contributed by atoms with E-state index in [2.05, 4.69) is 12.1 Å². The molecule has 12 heavy (non-hydrogen) atoms. The summed E-state index contributed by atoms with van der Waals surface area (Å²) < 4.78 is 10.1. The second-order valence-corrected chi connectivity index (χ2v) is 2.68. The highest BCUT2D eigenvalue weighted by Crippen LogP contribution is 2.13. The molecule has 2 rings (SSSR count). The van der Waals surface area contributed by atoms with Gasteiger partial charge in [0.2, 0.25) is 6.79 Å². The first-order valence-corrected chi connectivity index (χ1v) is 3.92. The van der Waals surface area contributed by atoms with Gasteiger partial charge in [0.1, 0.15) is 12.0 Å². The Bertz CT molecular complexity index is 277. The Morgan fingerprint density at radius 2 is 2.00 bits per heavy atom. The van der Waals surface area contributed by atoms with E-state index in [4.69, 9.17) is 9.47 Å². The summed E-state index contributed by atoms with van der Waals surface area (Å²) >= 11 is 0. The molecule has 2 heteroatoms. The van der Waals surface area contributed by atoms with Crippen molar-refractivity contribution < 1.29 is 9.47 Å². The van der Waals surface area contributed by atoms with E-state index < -0.39 is 0 Å². The van der Waals surface area contributed by atoms with Crippen LogP contribution in [0.25, 0.3) is 0 Å². The largest absolute Gasteiger partial charge is 0.462 e. The topological polar surface area (TPSA) is 18.5 Å². The standard InChI is InChI=1S/C10H10O2/c1-2-4-9(5-3-1)6-10-7-11-8-12-10/h1-5,7H,6,8H2. The summed E-state index contributed by atoms with van der Waals surface area (Å²) in [5, 5.41) is 0. The predicted octanol–water partition coefficient (Wildman–Crippen LogP) is 2.07. The summed E-state index contributed by atoms with van der Waals surface area (Å²) in [6, 6.07) is 10.2. The van der Waals surface area contributed by atoms with Crippen LogP contribution in [0.1, 0.15) is 5.56 Å². The molecule has 0 saturated heterocycles. The fourth-order valence-electron chi connectivity index (χ4n) is 1.16. The van der Waals surface area contributed by atoms with E-state index in [0.717, 1.165) is 12.2 Å². The Morgan fingerprint density at radius 1 is 1.17 bits per heavy atom.